The third-order valence-corrected chi connectivity index (χ3v) is 4.22. The molecule has 0 radical (unpaired) electrons. The van der Waals surface area contributed by atoms with Crippen molar-refractivity contribution in [3.63, 3.8) is 0 Å². The van der Waals surface area contributed by atoms with Crippen LogP contribution in [0.15, 0.2) is 53.3 Å². The number of ether oxygens (including phenoxy) is 1. The molecule has 3 aromatic rings. The molecule has 1 aromatic carbocycles. The summed E-state index contributed by atoms with van der Waals surface area (Å²) in [6, 6.07) is 11.2. The molecule has 1 unspecified atom stereocenters. The molecule has 6 heteroatoms. The van der Waals surface area contributed by atoms with Gasteiger partial charge in [-0.2, -0.15) is 0 Å². The second-order valence-corrected chi connectivity index (χ2v) is 5.85. The topological polar surface area (TPSA) is 68.5 Å². The van der Waals surface area contributed by atoms with Gasteiger partial charge in [0.25, 0.3) is 0 Å². The predicted molar refractivity (Wildman–Crippen MR) is 87.6 cm³/mol. The number of hydrogen-bond acceptors (Lipinski definition) is 5. The van der Waals surface area contributed by atoms with Gasteiger partial charge in [-0.25, -0.2) is 0 Å². The van der Waals surface area contributed by atoms with Crippen LogP contribution in [0.2, 0.25) is 0 Å². The van der Waals surface area contributed by atoms with Crippen molar-refractivity contribution >= 4 is 16.9 Å². The first-order valence-electron chi connectivity index (χ1n) is 7.97. The van der Waals surface area contributed by atoms with E-state index in [-0.39, 0.29) is 18.4 Å². The van der Waals surface area contributed by atoms with Crippen molar-refractivity contribution in [2.75, 3.05) is 13.1 Å². The molecule has 3 heterocycles. The van der Waals surface area contributed by atoms with Gasteiger partial charge in [-0.05, 0) is 24.3 Å². The van der Waals surface area contributed by atoms with Crippen molar-refractivity contribution in [2.24, 2.45) is 0 Å². The van der Waals surface area contributed by atoms with Crippen molar-refractivity contribution in [3.05, 3.63) is 54.5 Å². The van der Waals surface area contributed by atoms with E-state index < -0.39 is 0 Å². The van der Waals surface area contributed by atoms with Crippen molar-refractivity contribution in [1.29, 1.82) is 0 Å². The third-order valence-electron chi connectivity index (χ3n) is 4.22. The summed E-state index contributed by atoms with van der Waals surface area (Å²) in [6.07, 6.45) is 4.49. The van der Waals surface area contributed by atoms with Crippen LogP contribution >= 0.6 is 0 Å². The minimum Gasteiger partial charge on any atom is -0.488 e. The SMILES string of the molecule is O=C(Cc1noc2ccccc12)N1CCC(Oc2ccncc2)C1. The van der Waals surface area contributed by atoms with Gasteiger partial charge in [0.1, 0.15) is 17.5 Å². The number of pyridine rings is 1. The van der Waals surface area contributed by atoms with Gasteiger partial charge in [0, 0.05) is 30.7 Å². The lowest BCUT2D eigenvalue weighted by molar-refractivity contribution is -0.129. The van der Waals surface area contributed by atoms with E-state index in [1.807, 2.05) is 41.3 Å². The van der Waals surface area contributed by atoms with Crippen molar-refractivity contribution in [1.82, 2.24) is 15.0 Å². The normalized spacial score (nSPS) is 17.3. The highest BCUT2D eigenvalue weighted by Crippen LogP contribution is 2.21. The summed E-state index contributed by atoms with van der Waals surface area (Å²) in [5, 5.41) is 4.93. The fourth-order valence-corrected chi connectivity index (χ4v) is 2.98. The van der Waals surface area contributed by atoms with Crippen LogP contribution in [0, 0.1) is 0 Å². The van der Waals surface area contributed by atoms with E-state index in [9.17, 15) is 4.79 Å². The van der Waals surface area contributed by atoms with Crippen LogP contribution in [0.5, 0.6) is 5.75 Å². The zero-order valence-electron chi connectivity index (χ0n) is 13.1. The van der Waals surface area contributed by atoms with E-state index in [1.165, 1.54) is 0 Å². The van der Waals surface area contributed by atoms with Gasteiger partial charge >= 0.3 is 0 Å². The van der Waals surface area contributed by atoms with Crippen molar-refractivity contribution in [3.8, 4) is 5.75 Å². The number of carbonyl (C=O) groups excluding carboxylic acids is 1. The quantitative estimate of drug-likeness (QED) is 0.737. The number of para-hydroxylation sites is 1. The minimum atomic E-state index is 0.0189. The summed E-state index contributed by atoms with van der Waals surface area (Å²) in [5.41, 5.74) is 1.40. The predicted octanol–water partition coefficient (Wildman–Crippen LogP) is 2.45. The van der Waals surface area contributed by atoms with Crippen molar-refractivity contribution < 1.29 is 14.1 Å². The zero-order chi connectivity index (χ0) is 16.4. The molecule has 2 aromatic heterocycles. The van der Waals surface area contributed by atoms with Crippen LogP contribution in [0.1, 0.15) is 12.1 Å². The van der Waals surface area contributed by atoms with Crippen LogP contribution < -0.4 is 4.74 Å². The van der Waals surface area contributed by atoms with Crippen LogP contribution in [0.4, 0.5) is 0 Å². The van der Waals surface area contributed by atoms with Crippen molar-refractivity contribution in [2.45, 2.75) is 18.9 Å². The van der Waals surface area contributed by atoms with Gasteiger partial charge in [-0.3, -0.25) is 9.78 Å². The molecule has 1 saturated heterocycles. The molecule has 0 saturated carbocycles. The Morgan fingerprint density at radius 1 is 1.25 bits per heavy atom. The van der Waals surface area contributed by atoms with Gasteiger partial charge in [-0.15, -0.1) is 0 Å². The number of hydrogen-bond donors (Lipinski definition) is 0. The zero-order valence-corrected chi connectivity index (χ0v) is 13.1. The van der Waals surface area contributed by atoms with E-state index >= 15 is 0 Å². The molecule has 24 heavy (non-hydrogen) atoms. The van der Waals surface area contributed by atoms with E-state index in [0.717, 1.165) is 17.6 Å². The standard InChI is InChI=1S/C18H17N3O3/c22-18(11-16-15-3-1-2-4-17(15)24-20-16)21-10-7-14(12-21)23-13-5-8-19-9-6-13/h1-6,8-9,14H,7,10-12H2. The lowest BCUT2D eigenvalue weighted by atomic mass is 10.1. The number of carbonyl (C=O) groups is 1. The smallest absolute Gasteiger partial charge is 0.228 e. The maximum absolute atomic E-state index is 12.5. The average Bonchev–Trinajstić information content (AvgIpc) is 3.24. The Labute approximate surface area is 139 Å². The third kappa shape index (κ3) is 2.95. The molecule has 0 N–H and O–H groups in total. The molecule has 4 rings (SSSR count). The second-order valence-electron chi connectivity index (χ2n) is 5.85. The fraction of sp³-hybridized carbons (Fsp3) is 0.278. The number of fused-ring (bicyclic) bond motifs is 1. The van der Waals surface area contributed by atoms with Gasteiger partial charge in [-0.1, -0.05) is 17.3 Å². The van der Waals surface area contributed by atoms with E-state index in [2.05, 4.69) is 10.1 Å². The monoisotopic (exact) mass is 323 g/mol. The highest BCUT2D eigenvalue weighted by atomic mass is 16.5. The Bertz CT molecular complexity index is 847. The summed E-state index contributed by atoms with van der Waals surface area (Å²) >= 11 is 0. The average molecular weight is 323 g/mol. The molecular formula is C18H17N3O3. The lowest BCUT2D eigenvalue weighted by Gasteiger charge is -2.16. The lowest BCUT2D eigenvalue weighted by Crippen LogP contribution is -2.32. The fourth-order valence-electron chi connectivity index (χ4n) is 2.98. The van der Waals surface area contributed by atoms with Crippen LogP contribution in [-0.4, -0.2) is 40.1 Å². The molecule has 1 fully saturated rings. The Morgan fingerprint density at radius 3 is 2.96 bits per heavy atom. The summed E-state index contributed by atoms with van der Waals surface area (Å²) < 4.78 is 11.2. The molecule has 122 valence electrons. The number of benzene rings is 1. The molecule has 0 bridgehead atoms. The van der Waals surface area contributed by atoms with Crippen LogP contribution in [0.3, 0.4) is 0 Å². The molecule has 1 atom stereocenters. The summed E-state index contributed by atoms with van der Waals surface area (Å²) in [4.78, 5) is 18.3. The number of rotatable bonds is 4. The van der Waals surface area contributed by atoms with Gasteiger partial charge in [0.05, 0.1) is 13.0 Å². The molecule has 1 aliphatic heterocycles. The van der Waals surface area contributed by atoms with E-state index in [0.29, 0.717) is 24.4 Å². The molecule has 6 nitrogen and oxygen atoms in total. The second kappa shape index (κ2) is 6.31. The summed E-state index contributed by atoms with van der Waals surface area (Å²) in [6.45, 7) is 1.29. The number of likely N-dealkylation sites (tertiary alicyclic amines) is 1. The molecule has 1 amide bonds. The first-order valence-corrected chi connectivity index (χ1v) is 7.97. The number of aromatic nitrogens is 2. The number of amides is 1. The van der Waals surface area contributed by atoms with Gasteiger partial charge in [0.2, 0.25) is 5.91 Å². The summed E-state index contributed by atoms with van der Waals surface area (Å²) in [7, 11) is 0. The van der Waals surface area contributed by atoms with Gasteiger partial charge in [0.15, 0.2) is 5.58 Å². The molecule has 0 spiro atoms. The largest absolute Gasteiger partial charge is 0.488 e. The Balaban J connectivity index is 1.39. The number of nitrogens with zero attached hydrogens (tertiary/aromatic N) is 3. The van der Waals surface area contributed by atoms with Crippen LogP contribution in [0.25, 0.3) is 11.0 Å². The highest BCUT2D eigenvalue weighted by molar-refractivity contribution is 5.86. The highest BCUT2D eigenvalue weighted by Gasteiger charge is 2.28. The first-order chi connectivity index (χ1) is 11.8. The van der Waals surface area contributed by atoms with E-state index in [4.69, 9.17) is 9.26 Å². The van der Waals surface area contributed by atoms with Crippen LogP contribution in [-0.2, 0) is 11.2 Å². The summed E-state index contributed by atoms with van der Waals surface area (Å²) in [5.74, 6) is 0.835. The maximum atomic E-state index is 12.5. The maximum Gasteiger partial charge on any atom is 0.228 e. The molecular weight excluding hydrogens is 306 g/mol. The molecule has 1 aliphatic rings. The Hall–Kier alpha value is -2.89. The van der Waals surface area contributed by atoms with E-state index in [1.54, 1.807) is 12.4 Å². The van der Waals surface area contributed by atoms with Gasteiger partial charge < -0.3 is 14.2 Å². The minimum absolute atomic E-state index is 0.0189. The first kappa shape index (κ1) is 14.7. The Morgan fingerprint density at radius 2 is 2.08 bits per heavy atom. The molecule has 0 aliphatic carbocycles. The Kier molecular flexibility index (Phi) is 3.86.